The van der Waals surface area contributed by atoms with Gasteiger partial charge in [0.25, 0.3) is 0 Å². The van der Waals surface area contributed by atoms with E-state index in [-0.39, 0.29) is 5.41 Å². The van der Waals surface area contributed by atoms with Crippen LogP contribution in [0.5, 0.6) is 0 Å². The van der Waals surface area contributed by atoms with Gasteiger partial charge in [-0.25, -0.2) is 0 Å². The fraction of sp³-hybridized carbons (Fsp3) is 0.0612. The number of hydrogen-bond acceptors (Lipinski definition) is 1. The third-order valence-electron chi connectivity index (χ3n) is 10.5. The lowest BCUT2D eigenvalue weighted by molar-refractivity contribution is 0.660. The van der Waals surface area contributed by atoms with Gasteiger partial charge in [-0.1, -0.05) is 166 Å². The van der Waals surface area contributed by atoms with Crippen LogP contribution >= 0.6 is 0 Å². The number of hydrogen-bond donors (Lipinski definition) is 0. The molecule has 0 radical (unpaired) electrons. The van der Waals surface area contributed by atoms with E-state index in [4.69, 9.17) is 0 Å². The Morgan fingerprint density at radius 1 is 0.320 bits per heavy atom. The molecule has 50 heavy (non-hydrogen) atoms. The molecule has 0 fully saturated rings. The molecule has 0 aliphatic heterocycles. The maximum Gasteiger partial charge on any atom is 0.0465 e. The van der Waals surface area contributed by atoms with Crippen LogP contribution in [0.15, 0.2) is 188 Å². The molecule has 1 aliphatic rings. The van der Waals surface area contributed by atoms with Crippen molar-refractivity contribution in [1.29, 1.82) is 0 Å². The van der Waals surface area contributed by atoms with E-state index in [1.165, 1.54) is 66.4 Å². The Balaban J connectivity index is 1.15. The van der Waals surface area contributed by atoms with Gasteiger partial charge in [-0.2, -0.15) is 0 Å². The van der Waals surface area contributed by atoms with Gasteiger partial charge in [0.15, 0.2) is 0 Å². The van der Waals surface area contributed by atoms with Crippen molar-refractivity contribution in [3.8, 4) is 44.5 Å². The zero-order chi connectivity index (χ0) is 33.7. The molecule has 0 unspecified atom stereocenters. The Morgan fingerprint density at radius 3 is 1.38 bits per heavy atom. The van der Waals surface area contributed by atoms with E-state index in [2.05, 4.69) is 207 Å². The Morgan fingerprint density at radius 2 is 0.760 bits per heavy atom. The van der Waals surface area contributed by atoms with E-state index < -0.39 is 0 Å². The molecule has 8 aromatic rings. The zero-order valence-electron chi connectivity index (χ0n) is 28.3. The lowest BCUT2D eigenvalue weighted by atomic mass is 9.82. The fourth-order valence-electron chi connectivity index (χ4n) is 7.93. The summed E-state index contributed by atoms with van der Waals surface area (Å²) in [5.74, 6) is 0. The first kappa shape index (κ1) is 29.9. The molecular weight excluding hydrogens is 603 g/mol. The van der Waals surface area contributed by atoms with Gasteiger partial charge in [-0.05, 0) is 103 Å². The molecule has 0 saturated carbocycles. The third kappa shape index (κ3) is 5.02. The highest BCUT2D eigenvalue weighted by Crippen LogP contribution is 2.50. The molecule has 238 valence electrons. The van der Waals surface area contributed by atoms with E-state index in [1.807, 2.05) is 0 Å². The van der Waals surface area contributed by atoms with Gasteiger partial charge < -0.3 is 4.90 Å². The smallest absolute Gasteiger partial charge is 0.0465 e. The number of benzene rings is 8. The van der Waals surface area contributed by atoms with Gasteiger partial charge in [-0.3, -0.25) is 0 Å². The molecule has 0 bridgehead atoms. The fourth-order valence-corrected chi connectivity index (χ4v) is 7.93. The number of nitrogens with zero attached hydrogens (tertiary/aromatic N) is 1. The molecule has 0 saturated heterocycles. The van der Waals surface area contributed by atoms with E-state index >= 15 is 0 Å². The van der Waals surface area contributed by atoms with Crippen molar-refractivity contribution in [3.63, 3.8) is 0 Å². The van der Waals surface area contributed by atoms with Gasteiger partial charge in [-0.15, -0.1) is 0 Å². The molecule has 0 amide bonds. The molecule has 0 N–H and O–H groups in total. The van der Waals surface area contributed by atoms with E-state index in [1.54, 1.807) is 0 Å². The average Bonchev–Trinajstić information content (AvgIpc) is 3.41. The van der Waals surface area contributed by atoms with Crippen molar-refractivity contribution in [2.45, 2.75) is 19.3 Å². The van der Waals surface area contributed by atoms with Gasteiger partial charge in [0, 0.05) is 22.5 Å². The number of anilines is 3. The molecular formula is C49H37N. The maximum absolute atomic E-state index is 2.41. The van der Waals surface area contributed by atoms with Crippen molar-refractivity contribution < 1.29 is 0 Å². The van der Waals surface area contributed by atoms with Crippen molar-refractivity contribution in [2.24, 2.45) is 0 Å². The van der Waals surface area contributed by atoms with E-state index in [0.29, 0.717) is 0 Å². The summed E-state index contributed by atoms with van der Waals surface area (Å²) in [6.45, 7) is 4.70. The molecule has 1 heteroatoms. The lowest BCUT2D eigenvalue weighted by Gasteiger charge is -2.28. The van der Waals surface area contributed by atoms with Crippen LogP contribution in [0.3, 0.4) is 0 Å². The summed E-state index contributed by atoms with van der Waals surface area (Å²) in [7, 11) is 0. The lowest BCUT2D eigenvalue weighted by Crippen LogP contribution is -2.16. The van der Waals surface area contributed by atoms with Crippen LogP contribution < -0.4 is 4.90 Å². The van der Waals surface area contributed by atoms with E-state index in [9.17, 15) is 0 Å². The summed E-state index contributed by atoms with van der Waals surface area (Å²) in [6.07, 6.45) is 0. The standard InChI is InChI=1S/C49H37N/c1-49(2)47-22-10-9-17-45(47)46-32-31-40(33-48(46)49)50(38-27-23-35(24-28-38)34-13-5-3-6-14-34)39-29-25-37(26-30-39)42-19-12-20-43-41(18-11-21-44(42)43)36-15-7-4-8-16-36/h3-33H,1-2H3. The average molecular weight is 640 g/mol. The molecule has 0 heterocycles. The van der Waals surface area contributed by atoms with Gasteiger partial charge in [0.2, 0.25) is 0 Å². The first-order valence-corrected chi connectivity index (χ1v) is 17.4. The predicted octanol–water partition coefficient (Wildman–Crippen LogP) is 13.6. The topological polar surface area (TPSA) is 3.24 Å². The Kier molecular flexibility index (Phi) is 7.21. The highest BCUT2D eigenvalue weighted by atomic mass is 15.1. The van der Waals surface area contributed by atoms with Crippen LogP contribution in [0.2, 0.25) is 0 Å². The van der Waals surface area contributed by atoms with Crippen molar-refractivity contribution in [2.75, 3.05) is 4.90 Å². The minimum atomic E-state index is -0.0817. The second kappa shape index (κ2) is 12.1. The summed E-state index contributed by atoms with van der Waals surface area (Å²) in [5.41, 5.74) is 16.1. The van der Waals surface area contributed by atoms with Gasteiger partial charge in [0.05, 0.1) is 0 Å². The van der Waals surface area contributed by atoms with Crippen molar-refractivity contribution in [3.05, 3.63) is 199 Å². The second-order valence-corrected chi connectivity index (χ2v) is 13.8. The number of fused-ring (bicyclic) bond motifs is 4. The number of rotatable bonds is 6. The molecule has 9 rings (SSSR count). The minimum Gasteiger partial charge on any atom is -0.310 e. The summed E-state index contributed by atoms with van der Waals surface area (Å²) in [5, 5.41) is 2.53. The third-order valence-corrected chi connectivity index (χ3v) is 10.5. The molecule has 1 aliphatic carbocycles. The Labute approximate surface area is 294 Å². The van der Waals surface area contributed by atoms with Crippen LogP contribution in [0.4, 0.5) is 17.1 Å². The molecule has 0 spiro atoms. The Bertz CT molecular complexity index is 2470. The summed E-state index contributed by atoms with van der Waals surface area (Å²) < 4.78 is 0. The monoisotopic (exact) mass is 639 g/mol. The highest BCUT2D eigenvalue weighted by Gasteiger charge is 2.35. The van der Waals surface area contributed by atoms with E-state index in [0.717, 1.165) is 17.1 Å². The van der Waals surface area contributed by atoms with Gasteiger partial charge in [0.1, 0.15) is 0 Å². The van der Waals surface area contributed by atoms with Crippen LogP contribution in [-0.2, 0) is 5.41 Å². The first-order chi connectivity index (χ1) is 24.6. The maximum atomic E-state index is 2.41. The van der Waals surface area contributed by atoms with Crippen molar-refractivity contribution in [1.82, 2.24) is 0 Å². The summed E-state index contributed by atoms with van der Waals surface area (Å²) in [6, 6.07) is 68.5. The quantitative estimate of drug-likeness (QED) is 0.175. The Hall–Kier alpha value is -6.18. The van der Waals surface area contributed by atoms with Crippen LogP contribution in [-0.4, -0.2) is 0 Å². The van der Waals surface area contributed by atoms with Crippen LogP contribution in [0.25, 0.3) is 55.3 Å². The molecule has 1 nitrogen and oxygen atoms in total. The summed E-state index contributed by atoms with van der Waals surface area (Å²) in [4.78, 5) is 2.40. The highest BCUT2D eigenvalue weighted by molar-refractivity contribution is 6.04. The van der Waals surface area contributed by atoms with Crippen LogP contribution in [0.1, 0.15) is 25.0 Å². The second-order valence-electron chi connectivity index (χ2n) is 13.8. The molecule has 0 aromatic heterocycles. The van der Waals surface area contributed by atoms with Crippen LogP contribution in [0, 0.1) is 0 Å². The SMILES string of the molecule is CC1(C)c2ccccc2-c2ccc(N(c3ccc(-c4ccccc4)cc3)c3ccc(-c4cccc5c(-c6ccccc6)cccc45)cc3)cc21. The van der Waals surface area contributed by atoms with Gasteiger partial charge >= 0.3 is 0 Å². The molecule has 8 aromatic carbocycles. The zero-order valence-corrected chi connectivity index (χ0v) is 28.3. The summed E-state index contributed by atoms with van der Waals surface area (Å²) >= 11 is 0. The largest absolute Gasteiger partial charge is 0.310 e. The minimum absolute atomic E-state index is 0.0817. The van der Waals surface area contributed by atoms with Crippen molar-refractivity contribution >= 4 is 27.8 Å². The first-order valence-electron chi connectivity index (χ1n) is 17.4. The molecule has 0 atom stereocenters. The normalized spacial score (nSPS) is 12.8. The predicted molar refractivity (Wildman–Crippen MR) is 213 cm³/mol.